The summed E-state index contributed by atoms with van der Waals surface area (Å²) in [5.74, 6) is 0.775. The number of halogens is 1. The lowest BCUT2D eigenvalue weighted by atomic mass is 10.0. The molecule has 1 unspecified atom stereocenters. The molecule has 0 fully saturated rings. The number of rotatable bonds is 6. The van der Waals surface area contributed by atoms with Crippen molar-refractivity contribution in [2.24, 2.45) is 5.92 Å². The molecule has 0 radical (unpaired) electrons. The van der Waals surface area contributed by atoms with Crippen LogP contribution in [0.2, 0.25) is 0 Å². The van der Waals surface area contributed by atoms with E-state index in [2.05, 4.69) is 15.9 Å². The first-order valence-corrected chi connectivity index (χ1v) is 8.23. The molecule has 1 atom stereocenters. The third-order valence-electron chi connectivity index (χ3n) is 3.52. The molecular weight excluding hydrogens is 362 g/mol. The number of ether oxygens (including phenoxy) is 2. The van der Waals surface area contributed by atoms with E-state index in [9.17, 15) is 9.59 Å². The highest BCUT2D eigenvalue weighted by Crippen LogP contribution is 2.28. The van der Waals surface area contributed by atoms with Crippen LogP contribution in [0.5, 0.6) is 5.75 Å². The summed E-state index contributed by atoms with van der Waals surface area (Å²) >= 11 is 3.41. The van der Waals surface area contributed by atoms with Crippen LogP contribution in [0, 0.1) is 5.92 Å². The molecule has 0 bridgehead atoms. The zero-order chi connectivity index (χ0) is 17.0. The number of carbonyl (C=O) groups is 2. The van der Waals surface area contributed by atoms with Gasteiger partial charge in [0.2, 0.25) is 0 Å². The Hall–Kier alpha value is -1.82. The van der Waals surface area contributed by atoms with E-state index in [4.69, 9.17) is 9.47 Å². The summed E-state index contributed by atoms with van der Waals surface area (Å²) in [6.45, 7) is 4.26. The fourth-order valence-corrected chi connectivity index (χ4v) is 2.81. The molecule has 0 saturated heterocycles. The highest BCUT2D eigenvalue weighted by Gasteiger charge is 2.35. The van der Waals surface area contributed by atoms with E-state index in [1.54, 1.807) is 0 Å². The van der Waals surface area contributed by atoms with Crippen molar-refractivity contribution in [3.8, 4) is 5.75 Å². The minimum absolute atomic E-state index is 0.233. The lowest BCUT2D eigenvalue weighted by Gasteiger charge is -2.27. The van der Waals surface area contributed by atoms with Crippen molar-refractivity contribution < 1.29 is 19.1 Å². The van der Waals surface area contributed by atoms with Gasteiger partial charge < -0.3 is 14.4 Å². The Balaban J connectivity index is 2.11. The summed E-state index contributed by atoms with van der Waals surface area (Å²) in [7, 11) is 1.34. The van der Waals surface area contributed by atoms with Gasteiger partial charge in [-0.15, -0.1) is 0 Å². The molecule has 1 aliphatic rings. The predicted octanol–water partition coefficient (Wildman–Crippen LogP) is 3.14. The predicted molar refractivity (Wildman–Crippen MR) is 89.8 cm³/mol. The molecule has 0 N–H and O–H groups in total. The third-order valence-corrected chi connectivity index (χ3v) is 4.17. The molecular formula is C17H20BrNO4. The Morgan fingerprint density at radius 3 is 2.65 bits per heavy atom. The third kappa shape index (κ3) is 4.34. The maximum Gasteiger partial charge on any atom is 0.328 e. The molecule has 1 aliphatic heterocycles. The summed E-state index contributed by atoms with van der Waals surface area (Å²) in [4.78, 5) is 25.8. The zero-order valence-corrected chi connectivity index (χ0v) is 15.0. The van der Waals surface area contributed by atoms with E-state index in [0.717, 1.165) is 4.47 Å². The van der Waals surface area contributed by atoms with Gasteiger partial charge in [-0.3, -0.25) is 4.79 Å². The van der Waals surface area contributed by atoms with E-state index < -0.39 is 12.0 Å². The van der Waals surface area contributed by atoms with Crippen molar-refractivity contribution in [3.63, 3.8) is 0 Å². The fraction of sp³-hybridized carbons (Fsp3) is 0.412. The Kier molecular flexibility index (Phi) is 5.82. The van der Waals surface area contributed by atoms with Crippen molar-refractivity contribution in [1.29, 1.82) is 0 Å². The van der Waals surface area contributed by atoms with Crippen LogP contribution in [-0.4, -0.2) is 36.5 Å². The number of benzene rings is 1. The molecule has 0 spiro atoms. The van der Waals surface area contributed by atoms with Gasteiger partial charge in [-0.05, 0) is 40.4 Å². The van der Waals surface area contributed by atoms with Gasteiger partial charge in [0.1, 0.15) is 17.6 Å². The molecule has 0 aliphatic carbocycles. The second-order valence-corrected chi connectivity index (χ2v) is 6.63. The number of nitrogens with zero attached hydrogens (tertiary/aromatic N) is 1. The first-order chi connectivity index (χ1) is 10.9. The van der Waals surface area contributed by atoms with Gasteiger partial charge in [0.25, 0.3) is 5.91 Å². The van der Waals surface area contributed by atoms with Gasteiger partial charge in [0, 0.05) is 6.08 Å². The number of methoxy groups -OCH3 is 1. The van der Waals surface area contributed by atoms with E-state index in [-0.39, 0.29) is 18.4 Å². The van der Waals surface area contributed by atoms with Crippen LogP contribution >= 0.6 is 15.9 Å². The van der Waals surface area contributed by atoms with Gasteiger partial charge in [0.05, 0.1) is 18.1 Å². The maximum absolute atomic E-state index is 12.3. The number of para-hydroxylation sites is 1. The van der Waals surface area contributed by atoms with Crippen LogP contribution in [0.4, 0.5) is 0 Å². The number of hydrogen-bond donors (Lipinski definition) is 0. The van der Waals surface area contributed by atoms with Gasteiger partial charge in [-0.1, -0.05) is 26.0 Å². The van der Waals surface area contributed by atoms with Crippen molar-refractivity contribution in [2.45, 2.75) is 26.3 Å². The minimum Gasteiger partial charge on any atom is -0.467 e. The maximum atomic E-state index is 12.3. The highest BCUT2D eigenvalue weighted by molar-refractivity contribution is 9.10. The summed E-state index contributed by atoms with van der Waals surface area (Å²) in [5, 5.41) is 0. The quantitative estimate of drug-likeness (QED) is 0.710. The molecule has 1 aromatic rings. The monoisotopic (exact) mass is 381 g/mol. The topological polar surface area (TPSA) is 55.8 Å². The van der Waals surface area contributed by atoms with Crippen LogP contribution in [-0.2, 0) is 14.3 Å². The molecule has 0 aromatic heterocycles. The van der Waals surface area contributed by atoms with Crippen LogP contribution in [0.3, 0.4) is 0 Å². The average Bonchev–Trinajstić information content (AvgIpc) is 2.86. The first kappa shape index (κ1) is 17.5. The summed E-state index contributed by atoms with van der Waals surface area (Å²) < 4.78 is 11.4. The minimum atomic E-state index is -0.593. The fourth-order valence-electron chi connectivity index (χ4n) is 2.44. The average molecular weight is 382 g/mol. The lowest BCUT2D eigenvalue weighted by Crippen LogP contribution is -2.44. The second-order valence-electron chi connectivity index (χ2n) is 5.78. The van der Waals surface area contributed by atoms with Gasteiger partial charge >= 0.3 is 5.97 Å². The van der Waals surface area contributed by atoms with Gasteiger partial charge in [-0.25, -0.2) is 4.79 Å². The molecule has 0 saturated carbocycles. The second kappa shape index (κ2) is 7.64. The zero-order valence-electron chi connectivity index (χ0n) is 13.4. The molecule has 124 valence electrons. The molecule has 2 rings (SSSR count). The summed E-state index contributed by atoms with van der Waals surface area (Å²) in [5.41, 5.74) is 0. The molecule has 1 amide bonds. The summed E-state index contributed by atoms with van der Waals surface area (Å²) in [6.07, 6.45) is 1.98. The van der Waals surface area contributed by atoms with E-state index in [1.807, 2.05) is 38.1 Å². The number of hydrogen-bond acceptors (Lipinski definition) is 4. The highest BCUT2D eigenvalue weighted by atomic mass is 79.9. The Morgan fingerprint density at radius 1 is 1.35 bits per heavy atom. The number of carbonyl (C=O) groups excluding carboxylic acids is 2. The largest absolute Gasteiger partial charge is 0.467 e. The normalized spacial score (nSPS) is 15.6. The van der Waals surface area contributed by atoms with Crippen LogP contribution < -0.4 is 4.74 Å². The summed E-state index contributed by atoms with van der Waals surface area (Å²) in [6, 6.07) is 6.81. The standard InChI is InChI=1S/C17H20BrNO4/c1-11(2)8-14(17(21)22-3)19-10-12(9-16(19)20)23-15-7-5-4-6-13(15)18/h4-7,9,11,14H,8,10H2,1-3H3. The smallest absolute Gasteiger partial charge is 0.328 e. The van der Waals surface area contributed by atoms with Crippen molar-refractivity contribution in [2.75, 3.05) is 13.7 Å². The first-order valence-electron chi connectivity index (χ1n) is 7.43. The SMILES string of the molecule is COC(=O)C(CC(C)C)N1CC(Oc2ccccc2Br)=CC1=O. The Morgan fingerprint density at radius 2 is 2.04 bits per heavy atom. The molecule has 1 heterocycles. The molecule has 23 heavy (non-hydrogen) atoms. The Bertz CT molecular complexity index is 627. The van der Waals surface area contributed by atoms with Gasteiger partial charge in [-0.2, -0.15) is 0 Å². The van der Waals surface area contributed by atoms with Crippen LogP contribution in [0.15, 0.2) is 40.6 Å². The van der Waals surface area contributed by atoms with E-state index in [0.29, 0.717) is 17.9 Å². The Labute approximate surface area is 144 Å². The van der Waals surface area contributed by atoms with Crippen molar-refractivity contribution >= 4 is 27.8 Å². The number of esters is 1. The van der Waals surface area contributed by atoms with E-state index in [1.165, 1.54) is 18.1 Å². The van der Waals surface area contributed by atoms with Crippen LogP contribution in [0.1, 0.15) is 20.3 Å². The molecule has 5 nitrogen and oxygen atoms in total. The van der Waals surface area contributed by atoms with Gasteiger partial charge in [0.15, 0.2) is 0 Å². The van der Waals surface area contributed by atoms with Crippen LogP contribution in [0.25, 0.3) is 0 Å². The number of amides is 1. The molecule has 1 aromatic carbocycles. The van der Waals surface area contributed by atoms with E-state index >= 15 is 0 Å². The molecule has 6 heteroatoms. The lowest BCUT2D eigenvalue weighted by molar-refractivity contribution is -0.151. The van der Waals surface area contributed by atoms with Crippen molar-refractivity contribution in [1.82, 2.24) is 4.90 Å². The van der Waals surface area contributed by atoms with Crippen molar-refractivity contribution in [3.05, 3.63) is 40.6 Å².